The zero-order chi connectivity index (χ0) is 20.5. The summed E-state index contributed by atoms with van der Waals surface area (Å²) < 4.78 is 0. The van der Waals surface area contributed by atoms with Crippen LogP contribution in [-0.4, -0.2) is 92.0 Å². The van der Waals surface area contributed by atoms with E-state index in [9.17, 15) is 4.79 Å². The largest absolute Gasteiger partial charge is 0.357 e. The van der Waals surface area contributed by atoms with E-state index in [1.807, 2.05) is 16.2 Å². The van der Waals surface area contributed by atoms with Gasteiger partial charge < -0.3 is 15.5 Å². The Bertz CT molecular complexity index is 642. The summed E-state index contributed by atoms with van der Waals surface area (Å²) in [5.74, 6) is 1.08. The fourth-order valence-electron chi connectivity index (χ4n) is 4.06. The molecular formula is C21H37IN6OS. The molecule has 2 aliphatic rings. The molecule has 0 aromatic carbocycles. The van der Waals surface area contributed by atoms with Crippen LogP contribution in [0.2, 0.25) is 0 Å². The highest BCUT2D eigenvalue weighted by atomic mass is 127. The quantitative estimate of drug-likeness (QED) is 0.297. The van der Waals surface area contributed by atoms with Crippen LogP contribution in [-0.2, 0) is 4.79 Å². The third kappa shape index (κ3) is 7.65. The molecule has 7 nitrogen and oxygen atoms in total. The number of hydrogen-bond donors (Lipinski definition) is 2. The first-order valence-electron chi connectivity index (χ1n) is 10.9. The molecule has 3 rings (SSSR count). The minimum Gasteiger partial charge on any atom is -0.357 e. The number of carbonyl (C=O) groups is 1. The van der Waals surface area contributed by atoms with Gasteiger partial charge >= 0.3 is 0 Å². The highest BCUT2D eigenvalue weighted by molar-refractivity contribution is 14.0. The molecule has 1 atom stereocenters. The Morgan fingerprint density at radius 2 is 1.90 bits per heavy atom. The fraction of sp³-hybridized carbons (Fsp3) is 0.714. The first-order valence-corrected chi connectivity index (χ1v) is 11.8. The molecule has 0 bridgehead atoms. The molecule has 0 spiro atoms. The third-order valence-electron chi connectivity index (χ3n) is 5.76. The number of guanidine groups is 1. The van der Waals surface area contributed by atoms with E-state index in [1.54, 1.807) is 6.92 Å². The topological polar surface area (TPSA) is 63.2 Å². The lowest BCUT2D eigenvalue weighted by atomic mass is 10.2. The van der Waals surface area contributed by atoms with E-state index < -0.39 is 0 Å². The van der Waals surface area contributed by atoms with E-state index >= 15 is 0 Å². The first kappa shape index (κ1) is 25.4. The van der Waals surface area contributed by atoms with Crippen LogP contribution in [0.3, 0.4) is 0 Å². The second kappa shape index (κ2) is 13.5. The van der Waals surface area contributed by atoms with Gasteiger partial charge in [0.2, 0.25) is 5.91 Å². The van der Waals surface area contributed by atoms with Gasteiger partial charge in [0.25, 0.3) is 0 Å². The van der Waals surface area contributed by atoms with Crippen LogP contribution < -0.4 is 10.6 Å². The lowest BCUT2D eigenvalue weighted by molar-refractivity contribution is -0.130. The summed E-state index contributed by atoms with van der Waals surface area (Å²) in [5.41, 5.74) is 0. The molecular weight excluding hydrogens is 511 g/mol. The van der Waals surface area contributed by atoms with Crippen molar-refractivity contribution in [2.45, 2.75) is 32.7 Å². The van der Waals surface area contributed by atoms with Crippen molar-refractivity contribution in [3.63, 3.8) is 0 Å². The zero-order valence-corrected chi connectivity index (χ0v) is 21.5. The van der Waals surface area contributed by atoms with Crippen LogP contribution >= 0.6 is 35.3 Å². The normalized spacial score (nSPS) is 19.4. The summed E-state index contributed by atoms with van der Waals surface area (Å²) >= 11 is 1.84. The van der Waals surface area contributed by atoms with Gasteiger partial charge in [0.1, 0.15) is 0 Å². The monoisotopic (exact) mass is 548 g/mol. The van der Waals surface area contributed by atoms with Crippen molar-refractivity contribution in [3.05, 3.63) is 22.4 Å². The molecule has 170 valence electrons. The number of thiophene rings is 1. The standard InChI is InChI=1S/C21H36N6OS.HI/c1-3-22-21(23-8-11-25-12-14-26(15-13-25)18(2)28)24-17-19(20-7-6-16-29-20)27-9-4-5-10-27;/h6-7,16,19H,3-5,8-15,17H2,1-2H3,(H2,22,23,24);1H. The molecule has 2 fully saturated rings. The smallest absolute Gasteiger partial charge is 0.219 e. The maximum absolute atomic E-state index is 11.5. The molecule has 0 saturated carbocycles. The summed E-state index contributed by atoms with van der Waals surface area (Å²) in [6.45, 7) is 13.2. The third-order valence-corrected chi connectivity index (χ3v) is 6.73. The molecule has 1 amide bonds. The number of rotatable bonds is 8. The van der Waals surface area contributed by atoms with E-state index in [0.717, 1.165) is 58.3 Å². The van der Waals surface area contributed by atoms with E-state index in [-0.39, 0.29) is 29.9 Å². The Balaban J connectivity index is 0.00000320. The van der Waals surface area contributed by atoms with Gasteiger partial charge in [0.15, 0.2) is 5.96 Å². The molecule has 3 heterocycles. The average Bonchev–Trinajstić information content (AvgIpc) is 3.43. The summed E-state index contributed by atoms with van der Waals surface area (Å²) in [6, 6.07) is 4.76. The van der Waals surface area contributed by atoms with Crippen LogP contribution in [0.4, 0.5) is 0 Å². The van der Waals surface area contributed by atoms with E-state index in [2.05, 4.69) is 44.9 Å². The summed E-state index contributed by atoms with van der Waals surface area (Å²) in [6.07, 6.45) is 2.58. The van der Waals surface area contributed by atoms with Gasteiger partial charge in [-0.15, -0.1) is 35.3 Å². The number of halogens is 1. The fourth-order valence-corrected chi connectivity index (χ4v) is 4.91. The molecule has 2 N–H and O–H groups in total. The Morgan fingerprint density at radius 1 is 1.17 bits per heavy atom. The highest BCUT2D eigenvalue weighted by Crippen LogP contribution is 2.28. The minimum atomic E-state index is 0. The Kier molecular flexibility index (Phi) is 11.4. The molecule has 0 aliphatic carbocycles. The van der Waals surface area contributed by atoms with E-state index in [0.29, 0.717) is 6.04 Å². The van der Waals surface area contributed by atoms with Crippen LogP contribution in [0, 0.1) is 0 Å². The van der Waals surface area contributed by atoms with Gasteiger partial charge in [-0.3, -0.25) is 19.6 Å². The molecule has 1 aromatic rings. The van der Waals surface area contributed by atoms with Crippen molar-refractivity contribution >= 4 is 47.2 Å². The van der Waals surface area contributed by atoms with Crippen LogP contribution in [0.5, 0.6) is 0 Å². The van der Waals surface area contributed by atoms with Gasteiger partial charge in [-0.1, -0.05) is 6.07 Å². The predicted octanol–water partition coefficient (Wildman–Crippen LogP) is 2.22. The Morgan fingerprint density at radius 3 is 2.50 bits per heavy atom. The number of likely N-dealkylation sites (tertiary alicyclic amines) is 1. The van der Waals surface area contributed by atoms with Gasteiger partial charge in [-0.05, 0) is 44.3 Å². The van der Waals surface area contributed by atoms with Crippen molar-refractivity contribution in [2.24, 2.45) is 4.99 Å². The van der Waals surface area contributed by atoms with Gasteiger partial charge in [0, 0.05) is 57.6 Å². The number of aliphatic imine (C=N–C) groups is 1. The lowest BCUT2D eigenvalue weighted by Gasteiger charge is -2.34. The summed E-state index contributed by atoms with van der Waals surface area (Å²) in [7, 11) is 0. The second-order valence-corrected chi connectivity index (χ2v) is 8.75. The van der Waals surface area contributed by atoms with Crippen LogP contribution in [0.1, 0.15) is 37.6 Å². The van der Waals surface area contributed by atoms with E-state index in [4.69, 9.17) is 4.99 Å². The van der Waals surface area contributed by atoms with Crippen molar-refractivity contribution in [3.8, 4) is 0 Å². The van der Waals surface area contributed by atoms with Crippen LogP contribution in [0.25, 0.3) is 0 Å². The molecule has 9 heteroatoms. The van der Waals surface area contributed by atoms with Crippen molar-refractivity contribution < 1.29 is 4.79 Å². The molecule has 1 aromatic heterocycles. The highest BCUT2D eigenvalue weighted by Gasteiger charge is 2.24. The van der Waals surface area contributed by atoms with Gasteiger partial charge in [-0.25, -0.2) is 0 Å². The Labute approximate surface area is 202 Å². The second-order valence-electron chi connectivity index (χ2n) is 7.77. The SMILES string of the molecule is CCNC(=NCC(c1cccs1)N1CCCC1)NCCN1CCN(C(C)=O)CC1.I. The van der Waals surface area contributed by atoms with Crippen molar-refractivity contribution in [1.82, 2.24) is 25.3 Å². The number of hydrogen-bond acceptors (Lipinski definition) is 5. The van der Waals surface area contributed by atoms with Gasteiger partial charge in [0.05, 0.1) is 12.6 Å². The maximum atomic E-state index is 11.5. The van der Waals surface area contributed by atoms with Gasteiger partial charge in [-0.2, -0.15) is 0 Å². The molecule has 2 aliphatic heterocycles. The number of nitrogens with one attached hydrogen (secondary N) is 2. The van der Waals surface area contributed by atoms with Crippen LogP contribution in [0.15, 0.2) is 22.5 Å². The maximum Gasteiger partial charge on any atom is 0.219 e. The first-order chi connectivity index (χ1) is 14.2. The molecule has 30 heavy (non-hydrogen) atoms. The van der Waals surface area contributed by atoms with Crippen molar-refractivity contribution in [2.75, 3.05) is 65.4 Å². The number of carbonyl (C=O) groups excluding carboxylic acids is 1. The van der Waals surface area contributed by atoms with E-state index in [1.165, 1.54) is 30.8 Å². The molecule has 1 unspecified atom stereocenters. The summed E-state index contributed by atoms with van der Waals surface area (Å²) in [5, 5.41) is 9.04. The number of nitrogens with zero attached hydrogens (tertiary/aromatic N) is 4. The predicted molar refractivity (Wildman–Crippen MR) is 136 cm³/mol. The number of piperazine rings is 1. The van der Waals surface area contributed by atoms with Crippen molar-refractivity contribution in [1.29, 1.82) is 0 Å². The minimum absolute atomic E-state index is 0. The molecule has 2 saturated heterocycles. The Hall–Kier alpha value is -0.910. The molecule has 0 radical (unpaired) electrons. The number of amides is 1. The average molecular weight is 549 g/mol. The summed E-state index contributed by atoms with van der Waals surface area (Å²) in [4.78, 5) is 24.7. The zero-order valence-electron chi connectivity index (χ0n) is 18.3. The lowest BCUT2D eigenvalue weighted by Crippen LogP contribution is -2.50.